The van der Waals surface area contributed by atoms with E-state index in [9.17, 15) is 4.79 Å². The van der Waals surface area contributed by atoms with E-state index in [1.165, 1.54) is 11.8 Å². The summed E-state index contributed by atoms with van der Waals surface area (Å²) in [4.78, 5) is 12.4. The van der Waals surface area contributed by atoms with Crippen molar-refractivity contribution >= 4 is 17.7 Å². The van der Waals surface area contributed by atoms with Crippen molar-refractivity contribution < 1.29 is 13.9 Å². The highest BCUT2D eigenvalue weighted by Gasteiger charge is 2.17. The monoisotopic (exact) mass is 448 g/mol. The Morgan fingerprint density at radius 2 is 1.84 bits per heavy atom. The Kier molecular flexibility index (Phi) is 7.24. The fourth-order valence-electron chi connectivity index (χ4n) is 3.21. The predicted octanol–water partition coefficient (Wildman–Crippen LogP) is 4.05. The standard InChI is InChI=1S/C24H24N4O3S/c1-30-20-11-9-18(10-12-20)13-14-25-22(29)17-32-24-27-26-23(21-8-5-15-31-21)28(24)16-19-6-3-2-4-7-19/h2-12,15H,13-14,16-17H2,1H3,(H,25,29). The first kappa shape index (κ1) is 21.7. The molecule has 4 rings (SSSR count). The average Bonchev–Trinajstić information content (AvgIpc) is 3.49. The molecule has 0 saturated carbocycles. The third-order valence-electron chi connectivity index (χ3n) is 4.87. The summed E-state index contributed by atoms with van der Waals surface area (Å²) >= 11 is 1.36. The zero-order chi connectivity index (χ0) is 22.2. The molecule has 0 radical (unpaired) electrons. The maximum absolute atomic E-state index is 12.4. The molecule has 7 nitrogen and oxygen atoms in total. The average molecular weight is 449 g/mol. The van der Waals surface area contributed by atoms with Crippen molar-refractivity contribution in [1.82, 2.24) is 20.1 Å². The smallest absolute Gasteiger partial charge is 0.230 e. The van der Waals surface area contributed by atoms with Gasteiger partial charge in [0.15, 0.2) is 10.9 Å². The molecule has 8 heteroatoms. The molecule has 1 N–H and O–H groups in total. The van der Waals surface area contributed by atoms with E-state index in [-0.39, 0.29) is 11.7 Å². The van der Waals surface area contributed by atoms with Gasteiger partial charge in [-0.1, -0.05) is 54.2 Å². The molecule has 4 aromatic rings. The Morgan fingerprint density at radius 3 is 2.56 bits per heavy atom. The van der Waals surface area contributed by atoms with Crippen molar-refractivity contribution in [3.63, 3.8) is 0 Å². The van der Waals surface area contributed by atoms with Crippen molar-refractivity contribution in [2.24, 2.45) is 0 Å². The minimum atomic E-state index is -0.0441. The second-order valence-electron chi connectivity index (χ2n) is 7.09. The van der Waals surface area contributed by atoms with Crippen LogP contribution in [0.15, 0.2) is 82.6 Å². The Labute approximate surface area is 190 Å². The van der Waals surface area contributed by atoms with Crippen LogP contribution in [0.5, 0.6) is 5.75 Å². The van der Waals surface area contributed by atoms with Crippen molar-refractivity contribution in [1.29, 1.82) is 0 Å². The lowest BCUT2D eigenvalue weighted by atomic mass is 10.1. The molecule has 0 saturated heterocycles. The van der Waals surface area contributed by atoms with Gasteiger partial charge in [-0.2, -0.15) is 0 Å². The van der Waals surface area contributed by atoms with Crippen LogP contribution in [-0.4, -0.2) is 40.1 Å². The Morgan fingerprint density at radius 1 is 1.03 bits per heavy atom. The van der Waals surface area contributed by atoms with Gasteiger partial charge in [-0.05, 0) is 41.8 Å². The number of nitrogens with zero attached hydrogens (tertiary/aromatic N) is 3. The molecule has 2 heterocycles. The molecule has 2 aromatic carbocycles. The molecule has 0 fully saturated rings. The zero-order valence-corrected chi connectivity index (χ0v) is 18.5. The molecule has 32 heavy (non-hydrogen) atoms. The first-order chi connectivity index (χ1) is 15.7. The number of rotatable bonds is 10. The number of carbonyl (C=O) groups excluding carboxylic acids is 1. The maximum atomic E-state index is 12.4. The van der Waals surface area contributed by atoms with Gasteiger partial charge in [-0.15, -0.1) is 10.2 Å². The van der Waals surface area contributed by atoms with Gasteiger partial charge in [0.25, 0.3) is 0 Å². The van der Waals surface area contributed by atoms with Gasteiger partial charge >= 0.3 is 0 Å². The third kappa shape index (κ3) is 5.59. The number of benzene rings is 2. The molecule has 2 aromatic heterocycles. The third-order valence-corrected chi connectivity index (χ3v) is 5.84. The van der Waals surface area contributed by atoms with Crippen molar-refractivity contribution in [2.75, 3.05) is 19.4 Å². The van der Waals surface area contributed by atoms with Gasteiger partial charge in [0.2, 0.25) is 11.7 Å². The topological polar surface area (TPSA) is 82.2 Å². The highest BCUT2D eigenvalue weighted by molar-refractivity contribution is 7.99. The van der Waals surface area contributed by atoms with Gasteiger partial charge in [-0.25, -0.2) is 0 Å². The summed E-state index contributed by atoms with van der Waals surface area (Å²) in [5, 5.41) is 12.3. The number of aromatic nitrogens is 3. The van der Waals surface area contributed by atoms with Crippen molar-refractivity contribution in [3.8, 4) is 17.3 Å². The van der Waals surface area contributed by atoms with Gasteiger partial charge in [0, 0.05) is 6.54 Å². The predicted molar refractivity (Wildman–Crippen MR) is 124 cm³/mol. The van der Waals surface area contributed by atoms with Gasteiger partial charge in [0.1, 0.15) is 5.75 Å². The molecule has 0 unspecified atom stereocenters. The molecule has 0 bridgehead atoms. The van der Waals surface area contributed by atoms with E-state index in [1.807, 2.05) is 71.3 Å². The van der Waals surface area contributed by atoms with E-state index in [2.05, 4.69) is 15.5 Å². The second kappa shape index (κ2) is 10.7. The first-order valence-corrected chi connectivity index (χ1v) is 11.2. The Balaban J connectivity index is 1.36. The summed E-state index contributed by atoms with van der Waals surface area (Å²) in [6.45, 7) is 1.16. The van der Waals surface area contributed by atoms with Gasteiger partial charge in [0.05, 0.1) is 25.7 Å². The summed E-state index contributed by atoms with van der Waals surface area (Å²) in [6, 6.07) is 21.6. The highest BCUT2D eigenvalue weighted by Crippen LogP contribution is 2.25. The summed E-state index contributed by atoms with van der Waals surface area (Å²) in [5.41, 5.74) is 2.26. The second-order valence-corrected chi connectivity index (χ2v) is 8.03. The summed E-state index contributed by atoms with van der Waals surface area (Å²) in [7, 11) is 1.64. The van der Waals surface area contributed by atoms with Crippen LogP contribution < -0.4 is 10.1 Å². The van der Waals surface area contributed by atoms with E-state index >= 15 is 0 Å². The van der Waals surface area contributed by atoms with Crippen LogP contribution in [-0.2, 0) is 17.8 Å². The van der Waals surface area contributed by atoms with Crippen molar-refractivity contribution in [3.05, 3.63) is 84.1 Å². The number of hydrogen-bond donors (Lipinski definition) is 1. The Hall–Kier alpha value is -3.52. The summed E-state index contributed by atoms with van der Waals surface area (Å²) in [6.07, 6.45) is 2.37. The Bertz CT molecular complexity index is 1130. The fraction of sp³-hybridized carbons (Fsp3) is 0.208. The molecule has 0 aliphatic heterocycles. The van der Waals surface area contributed by atoms with Crippen LogP contribution >= 0.6 is 11.8 Å². The highest BCUT2D eigenvalue weighted by atomic mass is 32.2. The largest absolute Gasteiger partial charge is 0.497 e. The lowest BCUT2D eigenvalue weighted by Crippen LogP contribution is -2.27. The zero-order valence-electron chi connectivity index (χ0n) is 17.7. The SMILES string of the molecule is COc1ccc(CCNC(=O)CSc2nnc(-c3ccco3)n2Cc2ccccc2)cc1. The number of carbonyl (C=O) groups is 1. The lowest BCUT2D eigenvalue weighted by Gasteiger charge is -2.10. The van der Waals surface area contributed by atoms with E-state index in [0.717, 1.165) is 23.3 Å². The minimum Gasteiger partial charge on any atom is -0.497 e. The van der Waals surface area contributed by atoms with E-state index in [1.54, 1.807) is 13.4 Å². The number of methoxy groups -OCH3 is 1. The van der Waals surface area contributed by atoms with Crippen LogP contribution in [0.25, 0.3) is 11.6 Å². The number of amides is 1. The molecular formula is C24H24N4O3S. The van der Waals surface area contributed by atoms with E-state index < -0.39 is 0 Å². The fourth-order valence-corrected chi connectivity index (χ4v) is 3.98. The maximum Gasteiger partial charge on any atom is 0.230 e. The quantitative estimate of drug-likeness (QED) is 0.369. The van der Waals surface area contributed by atoms with E-state index in [0.29, 0.717) is 29.8 Å². The van der Waals surface area contributed by atoms with Crippen molar-refractivity contribution in [2.45, 2.75) is 18.1 Å². The van der Waals surface area contributed by atoms with Gasteiger partial charge in [-0.3, -0.25) is 9.36 Å². The van der Waals surface area contributed by atoms with Crippen LogP contribution in [0.4, 0.5) is 0 Å². The van der Waals surface area contributed by atoms with Crippen LogP contribution in [0.3, 0.4) is 0 Å². The van der Waals surface area contributed by atoms with E-state index in [4.69, 9.17) is 9.15 Å². The van der Waals surface area contributed by atoms with Crippen LogP contribution in [0.1, 0.15) is 11.1 Å². The van der Waals surface area contributed by atoms with Crippen LogP contribution in [0.2, 0.25) is 0 Å². The minimum absolute atomic E-state index is 0.0441. The molecule has 1 amide bonds. The number of thioether (sulfide) groups is 1. The number of hydrogen-bond acceptors (Lipinski definition) is 6. The molecular weight excluding hydrogens is 424 g/mol. The first-order valence-electron chi connectivity index (χ1n) is 10.3. The molecule has 0 aliphatic rings. The summed E-state index contributed by atoms with van der Waals surface area (Å²) in [5.74, 6) is 2.32. The lowest BCUT2D eigenvalue weighted by molar-refractivity contribution is -0.118. The molecule has 0 atom stereocenters. The number of furan rings is 1. The molecule has 0 spiro atoms. The summed E-state index contributed by atoms with van der Waals surface area (Å²) < 4.78 is 12.7. The van der Waals surface area contributed by atoms with Crippen LogP contribution in [0, 0.1) is 0 Å². The molecule has 0 aliphatic carbocycles. The normalized spacial score (nSPS) is 10.8. The number of nitrogens with one attached hydrogen (secondary N) is 1. The number of ether oxygens (including phenoxy) is 1. The molecule has 164 valence electrons. The van der Waals surface area contributed by atoms with Gasteiger partial charge < -0.3 is 14.5 Å².